The number of amides is 1. The lowest BCUT2D eigenvalue weighted by Crippen LogP contribution is -2.41. The summed E-state index contributed by atoms with van der Waals surface area (Å²) in [6.07, 6.45) is 2.92. The molecule has 0 radical (unpaired) electrons. The lowest BCUT2D eigenvalue weighted by molar-refractivity contribution is 0.0656. The van der Waals surface area contributed by atoms with Gasteiger partial charge in [-0.1, -0.05) is 0 Å². The number of hydrogen-bond donors (Lipinski definition) is 0. The third-order valence-electron chi connectivity index (χ3n) is 4.25. The maximum atomic E-state index is 12.5. The topological polar surface area (TPSA) is 55.2 Å². The Labute approximate surface area is 119 Å². The van der Waals surface area contributed by atoms with Gasteiger partial charge in [0.1, 0.15) is 10.7 Å². The Bertz CT molecular complexity index is 786. The summed E-state index contributed by atoms with van der Waals surface area (Å²) in [6, 6.07) is 0. The van der Waals surface area contributed by atoms with Crippen molar-refractivity contribution in [1.29, 1.82) is 0 Å². The van der Waals surface area contributed by atoms with E-state index in [4.69, 9.17) is 0 Å². The van der Waals surface area contributed by atoms with Crippen LogP contribution in [0, 0.1) is 6.92 Å². The third kappa shape index (κ3) is 1.51. The molecule has 1 saturated heterocycles. The highest BCUT2D eigenvalue weighted by molar-refractivity contribution is 7.20. The van der Waals surface area contributed by atoms with Crippen LogP contribution >= 0.6 is 11.3 Å². The Balaban J connectivity index is 1.93. The lowest BCUT2D eigenvalue weighted by atomic mass is 10.1. The van der Waals surface area contributed by atoms with Crippen molar-refractivity contribution < 1.29 is 4.79 Å². The molecule has 1 fully saturated rings. The highest BCUT2D eigenvalue weighted by atomic mass is 32.1. The van der Waals surface area contributed by atoms with E-state index in [1.54, 1.807) is 4.57 Å². The van der Waals surface area contributed by atoms with Gasteiger partial charge in [-0.3, -0.25) is 14.2 Å². The molecule has 4 rings (SSSR count). The molecule has 20 heavy (non-hydrogen) atoms. The molecule has 0 atom stereocenters. The number of fused-ring (bicyclic) bond motifs is 2. The molecule has 1 amide bonds. The largest absolute Gasteiger partial charge is 0.338 e. The molecule has 0 aromatic carbocycles. The third-order valence-corrected chi connectivity index (χ3v) is 5.42. The highest BCUT2D eigenvalue weighted by Crippen LogP contribution is 2.30. The second-order valence-corrected chi connectivity index (χ2v) is 6.47. The Morgan fingerprint density at radius 1 is 1.25 bits per heavy atom. The van der Waals surface area contributed by atoms with E-state index in [1.165, 1.54) is 11.3 Å². The van der Waals surface area contributed by atoms with E-state index in [2.05, 4.69) is 4.98 Å². The summed E-state index contributed by atoms with van der Waals surface area (Å²) in [4.78, 5) is 32.8. The van der Waals surface area contributed by atoms with E-state index >= 15 is 0 Å². The number of carbonyl (C=O) groups excluding carboxylic acids is 1. The number of likely N-dealkylation sites (tertiary alicyclic amines) is 1. The number of thiophene rings is 1. The molecule has 0 bridgehead atoms. The molecule has 0 aliphatic carbocycles. The van der Waals surface area contributed by atoms with Crippen LogP contribution in [0.25, 0.3) is 10.2 Å². The SMILES string of the molecule is Cc1c(C(=O)N2CCC2)sc2nc3n(c(=O)c12)CCC3. The molecule has 2 aliphatic heterocycles. The second kappa shape index (κ2) is 4.15. The summed E-state index contributed by atoms with van der Waals surface area (Å²) in [5, 5.41) is 0.643. The zero-order chi connectivity index (χ0) is 13.9. The van der Waals surface area contributed by atoms with E-state index in [-0.39, 0.29) is 11.5 Å². The van der Waals surface area contributed by atoms with Crippen molar-refractivity contribution in [2.45, 2.75) is 32.7 Å². The summed E-state index contributed by atoms with van der Waals surface area (Å²) in [5.41, 5.74) is 0.834. The summed E-state index contributed by atoms with van der Waals surface area (Å²) in [5.74, 6) is 0.924. The van der Waals surface area contributed by atoms with Gasteiger partial charge in [0.25, 0.3) is 11.5 Å². The van der Waals surface area contributed by atoms with Crippen LogP contribution in [0.1, 0.15) is 33.9 Å². The number of rotatable bonds is 1. The maximum absolute atomic E-state index is 12.5. The first kappa shape index (κ1) is 12.1. The predicted octanol–water partition coefficient (Wildman–Crippen LogP) is 1.56. The van der Waals surface area contributed by atoms with Gasteiger partial charge in [-0.05, 0) is 25.3 Å². The molecular weight excluding hydrogens is 274 g/mol. The highest BCUT2D eigenvalue weighted by Gasteiger charge is 2.28. The van der Waals surface area contributed by atoms with Crippen LogP contribution in [-0.4, -0.2) is 33.4 Å². The molecule has 6 heteroatoms. The molecule has 0 spiro atoms. The van der Waals surface area contributed by atoms with Gasteiger partial charge in [-0.2, -0.15) is 0 Å². The minimum absolute atomic E-state index is 0.0268. The van der Waals surface area contributed by atoms with E-state index in [1.807, 2.05) is 11.8 Å². The van der Waals surface area contributed by atoms with Crippen LogP contribution in [0.5, 0.6) is 0 Å². The first-order valence-electron chi connectivity index (χ1n) is 6.99. The van der Waals surface area contributed by atoms with Crippen molar-refractivity contribution in [3.05, 3.63) is 26.6 Å². The summed E-state index contributed by atoms with van der Waals surface area (Å²) in [6.45, 7) is 4.28. The molecular formula is C14H15N3O2S. The van der Waals surface area contributed by atoms with E-state index < -0.39 is 0 Å². The zero-order valence-corrected chi connectivity index (χ0v) is 12.1. The number of aromatic nitrogens is 2. The minimum Gasteiger partial charge on any atom is -0.338 e. The first-order chi connectivity index (χ1) is 9.66. The normalized spacial score (nSPS) is 17.4. The van der Waals surface area contributed by atoms with Gasteiger partial charge < -0.3 is 4.90 Å². The van der Waals surface area contributed by atoms with Crippen LogP contribution in [0.2, 0.25) is 0 Å². The molecule has 5 nitrogen and oxygen atoms in total. The van der Waals surface area contributed by atoms with Crippen molar-refractivity contribution in [2.24, 2.45) is 0 Å². The van der Waals surface area contributed by atoms with Crippen LogP contribution in [-0.2, 0) is 13.0 Å². The molecule has 104 valence electrons. The molecule has 4 heterocycles. The van der Waals surface area contributed by atoms with Crippen molar-refractivity contribution in [2.75, 3.05) is 13.1 Å². The van der Waals surface area contributed by atoms with Crippen molar-refractivity contribution in [3.8, 4) is 0 Å². The van der Waals surface area contributed by atoms with Gasteiger partial charge in [0, 0.05) is 26.1 Å². The number of carbonyl (C=O) groups is 1. The molecule has 0 unspecified atom stereocenters. The van der Waals surface area contributed by atoms with E-state index in [9.17, 15) is 9.59 Å². The monoisotopic (exact) mass is 289 g/mol. The molecule has 2 aliphatic rings. The minimum atomic E-state index is 0.0268. The molecule has 2 aromatic heterocycles. The van der Waals surface area contributed by atoms with Gasteiger partial charge >= 0.3 is 0 Å². The predicted molar refractivity (Wildman–Crippen MR) is 77.5 cm³/mol. The molecule has 0 N–H and O–H groups in total. The fourth-order valence-electron chi connectivity index (χ4n) is 2.94. The zero-order valence-electron chi connectivity index (χ0n) is 11.3. The maximum Gasteiger partial charge on any atom is 0.264 e. The van der Waals surface area contributed by atoms with Gasteiger partial charge in [0.05, 0.1) is 10.3 Å². The van der Waals surface area contributed by atoms with E-state index in [0.717, 1.165) is 55.1 Å². The number of aryl methyl sites for hydroxylation is 2. The Kier molecular flexibility index (Phi) is 2.51. The van der Waals surface area contributed by atoms with Crippen LogP contribution in [0.3, 0.4) is 0 Å². The Morgan fingerprint density at radius 2 is 2.05 bits per heavy atom. The molecule has 2 aromatic rings. The lowest BCUT2D eigenvalue weighted by Gasteiger charge is -2.30. The van der Waals surface area contributed by atoms with Crippen LogP contribution in [0.15, 0.2) is 4.79 Å². The quantitative estimate of drug-likeness (QED) is 0.800. The standard InChI is InChI=1S/C14H15N3O2S/c1-8-10-12(15-9-4-2-7-17(9)13(10)18)20-11(8)14(19)16-5-3-6-16/h2-7H2,1H3. The number of hydrogen-bond acceptors (Lipinski definition) is 4. The fourth-order valence-corrected chi connectivity index (χ4v) is 4.10. The van der Waals surface area contributed by atoms with Crippen LogP contribution < -0.4 is 5.56 Å². The summed E-state index contributed by atoms with van der Waals surface area (Å²) in [7, 11) is 0. The van der Waals surface area contributed by atoms with Gasteiger partial charge in [0.2, 0.25) is 0 Å². The van der Waals surface area contributed by atoms with E-state index in [0.29, 0.717) is 10.3 Å². The fraction of sp³-hybridized carbons (Fsp3) is 0.500. The van der Waals surface area contributed by atoms with Crippen molar-refractivity contribution in [3.63, 3.8) is 0 Å². The van der Waals surface area contributed by atoms with Gasteiger partial charge in [-0.15, -0.1) is 11.3 Å². The number of nitrogens with zero attached hydrogens (tertiary/aromatic N) is 3. The summed E-state index contributed by atoms with van der Waals surface area (Å²) >= 11 is 1.37. The van der Waals surface area contributed by atoms with Crippen molar-refractivity contribution in [1.82, 2.24) is 14.5 Å². The van der Waals surface area contributed by atoms with Crippen molar-refractivity contribution >= 4 is 27.5 Å². The molecule has 0 saturated carbocycles. The van der Waals surface area contributed by atoms with Crippen LogP contribution in [0.4, 0.5) is 0 Å². The van der Waals surface area contributed by atoms with Gasteiger partial charge in [0.15, 0.2) is 0 Å². The summed E-state index contributed by atoms with van der Waals surface area (Å²) < 4.78 is 1.76. The first-order valence-corrected chi connectivity index (χ1v) is 7.80. The Hall–Kier alpha value is -1.69. The smallest absolute Gasteiger partial charge is 0.264 e. The Morgan fingerprint density at radius 3 is 2.75 bits per heavy atom. The van der Waals surface area contributed by atoms with Gasteiger partial charge in [-0.25, -0.2) is 4.98 Å². The average Bonchev–Trinajstić information content (AvgIpc) is 2.92. The average molecular weight is 289 g/mol. The second-order valence-electron chi connectivity index (χ2n) is 5.47.